The van der Waals surface area contributed by atoms with E-state index in [2.05, 4.69) is 10.6 Å². The molecule has 1 fully saturated rings. The lowest BCUT2D eigenvalue weighted by Crippen LogP contribution is -2.33. The van der Waals surface area contributed by atoms with Gasteiger partial charge >= 0.3 is 0 Å². The molecule has 0 aromatic rings. The first-order valence-corrected chi connectivity index (χ1v) is 3.24. The Morgan fingerprint density at radius 3 is 2.80 bits per heavy atom. The molecule has 0 aromatic heterocycles. The largest absolute Gasteiger partial charge is 0.352 e. The number of carbonyl (C=O) groups excluding carboxylic acids is 2. The molecule has 0 aliphatic carbocycles. The summed E-state index contributed by atoms with van der Waals surface area (Å²) >= 11 is 0. The maximum Gasteiger partial charge on any atom is 0.239 e. The molecular weight excluding hydrogens is 132 g/mol. The van der Waals surface area contributed by atoms with Crippen LogP contribution < -0.4 is 10.6 Å². The molecule has 1 aliphatic rings. The van der Waals surface area contributed by atoms with Gasteiger partial charge in [0.1, 0.15) is 0 Å². The first-order chi connectivity index (χ1) is 4.68. The van der Waals surface area contributed by atoms with Crippen molar-refractivity contribution >= 4 is 11.8 Å². The molecule has 4 heteroatoms. The lowest BCUT2D eigenvalue weighted by molar-refractivity contribution is -0.123. The van der Waals surface area contributed by atoms with Crippen molar-refractivity contribution in [1.82, 2.24) is 10.6 Å². The Kier molecular flexibility index (Phi) is 1.89. The van der Waals surface area contributed by atoms with Gasteiger partial charge in [-0.15, -0.1) is 0 Å². The summed E-state index contributed by atoms with van der Waals surface area (Å²) in [6, 6.07) is -0.0324. The Hall–Kier alpha value is -1.06. The van der Waals surface area contributed by atoms with Crippen molar-refractivity contribution in [3.05, 3.63) is 0 Å². The van der Waals surface area contributed by atoms with Crippen LogP contribution in [-0.2, 0) is 9.59 Å². The van der Waals surface area contributed by atoms with Gasteiger partial charge in [0, 0.05) is 12.5 Å². The van der Waals surface area contributed by atoms with Gasteiger partial charge in [-0.25, -0.2) is 0 Å². The first kappa shape index (κ1) is 7.05. The average Bonchev–Trinajstić information content (AvgIpc) is 1.93. The summed E-state index contributed by atoms with van der Waals surface area (Å²) < 4.78 is 0. The summed E-state index contributed by atoms with van der Waals surface area (Å²) in [5.41, 5.74) is 0. The number of rotatable bonds is 0. The molecule has 2 N–H and O–H groups in total. The van der Waals surface area contributed by atoms with Gasteiger partial charge in [0.25, 0.3) is 0 Å². The molecule has 1 atom stereocenters. The third-order valence-corrected chi connectivity index (χ3v) is 1.35. The first-order valence-electron chi connectivity index (χ1n) is 3.24. The van der Waals surface area contributed by atoms with Crippen LogP contribution in [0.5, 0.6) is 0 Å². The highest BCUT2D eigenvalue weighted by atomic mass is 16.2. The van der Waals surface area contributed by atoms with Gasteiger partial charge in [-0.2, -0.15) is 0 Å². The van der Waals surface area contributed by atoms with E-state index in [0.29, 0.717) is 6.42 Å². The maximum atomic E-state index is 10.7. The predicted molar refractivity (Wildman–Crippen MR) is 35.2 cm³/mol. The van der Waals surface area contributed by atoms with Crippen molar-refractivity contribution < 1.29 is 9.59 Å². The normalized spacial score (nSPS) is 26.7. The van der Waals surface area contributed by atoms with Gasteiger partial charge in [0.05, 0.1) is 6.54 Å². The standard InChI is InChI=1S/C6H10N2O2/c1-4-2-5(9)7-3-6(10)8-4/h4H,2-3H2,1H3,(H,7,9)(H,8,10). The maximum absolute atomic E-state index is 10.7. The number of amides is 2. The summed E-state index contributed by atoms with van der Waals surface area (Å²) in [6.07, 6.45) is 0.381. The molecule has 1 unspecified atom stereocenters. The molecule has 10 heavy (non-hydrogen) atoms. The van der Waals surface area contributed by atoms with Crippen LogP contribution in [-0.4, -0.2) is 24.4 Å². The number of carbonyl (C=O) groups is 2. The molecule has 0 bridgehead atoms. The van der Waals surface area contributed by atoms with E-state index in [-0.39, 0.29) is 24.4 Å². The third kappa shape index (κ3) is 1.72. The van der Waals surface area contributed by atoms with Crippen LogP contribution in [0.25, 0.3) is 0 Å². The monoisotopic (exact) mass is 142 g/mol. The topological polar surface area (TPSA) is 58.2 Å². The van der Waals surface area contributed by atoms with E-state index >= 15 is 0 Å². The van der Waals surface area contributed by atoms with E-state index in [4.69, 9.17) is 0 Å². The van der Waals surface area contributed by atoms with Crippen molar-refractivity contribution in [2.45, 2.75) is 19.4 Å². The molecule has 1 rings (SSSR count). The SMILES string of the molecule is CC1CC(=O)NCC(=O)N1. The molecule has 1 aliphatic heterocycles. The molecule has 56 valence electrons. The van der Waals surface area contributed by atoms with E-state index in [1.54, 1.807) is 0 Å². The summed E-state index contributed by atoms with van der Waals surface area (Å²) in [5, 5.41) is 5.12. The van der Waals surface area contributed by atoms with Gasteiger partial charge in [-0.1, -0.05) is 0 Å². The molecule has 0 saturated carbocycles. The second kappa shape index (κ2) is 2.68. The van der Waals surface area contributed by atoms with Gasteiger partial charge in [-0.05, 0) is 6.92 Å². The van der Waals surface area contributed by atoms with E-state index in [1.165, 1.54) is 0 Å². The van der Waals surface area contributed by atoms with E-state index < -0.39 is 0 Å². The lowest BCUT2D eigenvalue weighted by Gasteiger charge is -2.05. The molecule has 4 nitrogen and oxygen atoms in total. The molecule has 2 amide bonds. The fourth-order valence-electron chi connectivity index (χ4n) is 0.906. The van der Waals surface area contributed by atoms with Crippen molar-refractivity contribution in [3.63, 3.8) is 0 Å². The van der Waals surface area contributed by atoms with E-state index in [1.807, 2.05) is 6.92 Å². The van der Waals surface area contributed by atoms with Crippen LogP contribution in [0.15, 0.2) is 0 Å². The fraction of sp³-hybridized carbons (Fsp3) is 0.667. The Morgan fingerprint density at radius 1 is 1.40 bits per heavy atom. The fourth-order valence-corrected chi connectivity index (χ4v) is 0.906. The molecular formula is C6H10N2O2. The predicted octanol–water partition coefficient (Wildman–Crippen LogP) is -0.989. The smallest absolute Gasteiger partial charge is 0.239 e. The van der Waals surface area contributed by atoms with Gasteiger partial charge in [0.15, 0.2) is 0 Å². The Morgan fingerprint density at radius 2 is 2.10 bits per heavy atom. The van der Waals surface area contributed by atoms with Gasteiger partial charge in [-0.3, -0.25) is 9.59 Å². The van der Waals surface area contributed by atoms with Crippen molar-refractivity contribution in [3.8, 4) is 0 Å². The zero-order valence-corrected chi connectivity index (χ0v) is 5.81. The van der Waals surface area contributed by atoms with Crippen LogP contribution >= 0.6 is 0 Å². The van der Waals surface area contributed by atoms with Gasteiger partial charge < -0.3 is 10.6 Å². The number of hydrogen-bond acceptors (Lipinski definition) is 2. The second-order valence-corrected chi connectivity index (χ2v) is 2.45. The van der Waals surface area contributed by atoms with Crippen molar-refractivity contribution in [2.75, 3.05) is 6.54 Å². The van der Waals surface area contributed by atoms with Crippen LogP contribution in [0.2, 0.25) is 0 Å². The number of hydrogen-bond donors (Lipinski definition) is 2. The zero-order chi connectivity index (χ0) is 7.56. The molecule has 1 saturated heterocycles. The van der Waals surface area contributed by atoms with Crippen molar-refractivity contribution in [2.24, 2.45) is 0 Å². The Labute approximate surface area is 59.0 Å². The summed E-state index contributed by atoms with van der Waals surface area (Å²) in [7, 11) is 0. The van der Waals surface area contributed by atoms with Crippen molar-refractivity contribution in [1.29, 1.82) is 0 Å². The average molecular weight is 142 g/mol. The van der Waals surface area contributed by atoms with Crippen LogP contribution in [0.4, 0.5) is 0 Å². The minimum atomic E-state index is -0.113. The van der Waals surface area contributed by atoms with Crippen LogP contribution in [0.3, 0.4) is 0 Å². The quantitative estimate of drug-likeness (QED) is 0.456. The Balaban J connectivity index is 2.54. The van der Waals surface area contributed by atoms with Crippen LogP contribution in [0, 0.1) is 0 Å². The molecule has 0 spiro atoms. The highest BCUT2D eigenvalue weighted by Crippen LogP contribution is 1.92. The minimum Gasteiger partial charge on any atom is -0.352 e. The highest BCUT2D eigenvalue weighted by Gasteiger charge is 2.16. The summed E-state index contributed by atoms with van der Waals surface area (Å²) in [5.74, 6) is -0.177. The van der Waals surface area contributed by atoms with Crippen LogP contribution in [0.1, 0.15) is 13.3 Å². The van der Waals surface area contributed by atoms with Gasteiger partial charge in [0.2, 0.25) is 11.8 Å². The second-order valence-electron chi connectivity index (χ2n) is 2.45. The van der Waals surface area contributed by atoms with E-state index in [0.717, 1.165) is 0 Å². The Bertz CT molecular complexity index is 149. The third-order valence-electron chi connectivity index (χ3n) is 1.35. The minimum absolute atomic E-state index is 0.0324. The molecule has 0 radical (unpaired) electrons. The summed E-state index contributed by atoms with van der Waals surface area (Å²) in [6.45, 7) is 1.92. The highest BCUT2D eigenvalue weighted by molar-refractivity contribution is 5.87. The molecule has 0 aromatic carbocycles. The lowest BCUT2D eigenvalue weighted by atomic mass is 10.2. The molecule has 1 heterocycles. The zero-order valence-electron chi connectivity index (χ0n) is 5.81. The van der Waals surface area contributed by atoms with E-state index in [9.17, 15) is 9.59 Å². The summed E-state index contributed by atoms with van der Waals surface area (Å²) in [4.78, 5) is 21.4. The number of nitrogens with one attached hydrogen (secondary N) is 2.